The van der Waals surface area contributed by atoms with E-state index in [9.17, 15) is 9.90 Å². The predicted molar refractivity (Wildman–Crippen MR) is 73.3 cm³/mol. The molecule has 1 amide bonds. The van der Waals surface area contributed by atoms with Crippen molar-refractivity contribution in [2.75, 3.05) is 13.7 Å². The molecule has 2 unspecified atom stereocenters. The van der Waals surface area contributed by atoms with Gasteiger partial charge in [-0.05, 0) is 25.0 Å². The SMILES string of the molecule is COc1ccccc1C(=O)NC1CCCCC1CO. The van der Waals surface area contributed by atoms with Crippen LogP contribution in [-0.2, 0) is 0 Å². The van der Waals surface area contributed by atoms with E-state index in [1.165, 1.54) is 0 Å². The lowest BCUT2D eigenvalue weighted by molar-refractivity contribution is 0.0869. The van der Waals surface area contributed by atoms with Gasteiger partial charge in [-0.1, -0.05) is 25.0 Å². The first kappa shape index (κ1) is 13.9. The van der Waals surface area contributed by atoms with E-state index in [0.717, 1.165) is 25.7 Å². The summed E-state index contributed by atoms with van der Waals surface area (Å²) in [5, 5.41) is 12.4. The minimum absolute atomic E-state index is 0.0659. The van der Waals surface area contributed by atoms with E-state index in [1.807, 2.05) is 12.1 Å². The van der Waals surface area contributed by atoms with E-state index in [0.29, 0.717) is 11.3 Å². The van der Waals surface area contributed by atoms with Crippen molar-refractivity contribution in [1.82, 2.24) is 5.32 Å². The van der Waals surface area contributed by atoms with Crippen LogP contribution in [0.2, 0.25) is 0 Å². The average molecular weight is 263 g/mol. The highest BCUT2D eigenvalue weighted by molar-refractivity contribution is 5.97. The fraction of sp³-hybridized carbons (Fsp3) is 0.533. The van der Waals surface area contributed by atoms with Crippen molar-refractivity contribution in [1.29, 1.82) is 0 Å². The molecule has 1 aromatic carbocycles. The summed E-state index contributed by atoms with van der Waals surface area (Å²) in [7, 11) is 1.56. The van der Waals surface area contributed by atoms with Gasteiger partial charge in [0, 0.05) is 18.6 Å². The molecule has 0 radical (unpaired) electrons. The lowest BCUT2D eigenvalue weighted by atomic mass is 9.85. The summed E-state index contributed by atoms with van der Waals surface area (Å²) in [5.41, 5.74) is 0.548. The van der Waals surface area contributed by atoms with Gasteiger partial charge in [0.15, 0.2) is 0 Å². The Morgan fingerprint density at radius 1 is 1.37 bits per heavy atom. The summed E-state index contributed by atoms with van der Waals surface area (Å²) in [6, 6.07) is 7.26. The quantitative estimate of drug-likeness (QED) is 0.873. The molecule has 1 aromatic rings. The first-order valence-electron chi connectivity index (χ1n) is 6.81. The number of aliphatic hydroxyl groups is 1. The molecule has 2 rings (SSSR count). The summed E-state index contributed by atoms with van der Waals surface area (Å²) in [6.07, 6.45) is 4.15. The highest BCUT2D eigenvalue weighted by atomic mass is 16.5. The molecule has 0 aromatic heterocycles. The van der Waals surface area contributed by atoms with Crippen LogP contribution in [-0.4, -0.2) is 30.8 Å². The number of rotatable bonds is 4. The smallest absolute Gasteiger partial charge is 0.255 e. The lowest BCUT2D eigenvalue weighted by Crippen LogP contribution is -2.43. The zero-order valence-corrected chi connectivity index (χ0v) is 11.3. The maximum Gasteiger partial charge on any atom is 0.255 e. The van der Waals surface area contributed by atoms with Crippen molar-refractivity contribution in [3.8, 4) is 5.75 Å². The normalized spacial score (nSPS) is 22.8. The summed E-state index contributed by atoms with van der Waals surface area (Å²) < 4.78 is 5.20. The first-order chi connectivity index (χ1) is 9.26. The fourth-order valence-electron chi connectivity index (χ4n) is 2.69. The third kappa shape index (κ3) is 3.26. The van der Waals surface area contributed by atoms with E-state index in [-0.39, 0.29) is 24.5 Å². The maximum absolute atomic E-state index is 12.3. The number of amides is 1. The third-order valence-corrected chi connectivity index (χ3v) is 3.81. The van der Waals surface area contributed by atoms with Crippen LogP contribution in [0.4, 0.5) is 0 Å². The number of para-hydroxylation sites is 1. The number of nitrogens with one attached hydrogen (secondary N) is 1. The van der Waals surface area contributed by atoms with Crippen molar-refractivity contribution >= 4 is 5.91 Å². The van der Waals surface area contributed by atoms with Crippen molar-refractivity contribution < 1.29 is 14.6 Å². The van der Waals surface area contributed by atoms with Crippen molar-refractivity contribution in [3.05, 3.63) is 29.8 Å². The lowest BCUT2D eigenvalue weighted by Gasteiger charge is -2.31. The van der Waals surface area contributed by atoms with Gasteiger partial charge in [-0.3, -0.25) is 4.79 Å². The van der Waals surface area contributed by atoms with Gasteiger partial charge in [-0.25, -0.2) is 0 Å². The van der Waals surface area contributed by atoms with Gasteiger partial charge in [-0.15, -0.1) is 0 Å². The molecular formula is C15H21NO3. The molecule has 1 aliphatic rings. The molecule has 19 heavy (non-hydrogen) atoms. The Labute approximate surface area is 113 Å². The monoisotopic (exact) mass is 263 g/mol. The number of hydrogen-bond acceptors (Lipinski definition) is 3. The minimum Gasteiger partial charge on any atom is -0.496 e. The second-order valence-electron chi connectivity index (χ2n) is 5.01. The topological polar surface area (TPSA) is 58.6 Å². The van der Waals surface area contributed by atoms with Gasteiger partial charge >= 0.3 is 0 Å². The molecule has 4 heteroatoms. The number of methoxy groups -OCH3 is 1. The maximum atomic E-state index is 12.3. The highest BCUT2D eigenvalue weighted by Gasteiger charge is 2.26. The Kier molecular flexibility index (Phi) is 4.80. The van der Waals surface area contributed by atoms with Crippen molar-refractivity contribution in [2.45, 2.75) is 31.7 Å². The molecule has 0 spiro atoms. The Bertz CT molecular complexity index is 433. The zero-order valence-electron chi connectivity index (χ0n) is 11.3. The van der Waals surface area contributed by atoms with Crippen LogP contribution in [0.1, 0.15) is 36.0 Å². The van der Waals surface area contributed by atoms with Crippen molar-refractivity contribution in [2.24, 2.45) is 5.92 Å². The van der Waals surface area contributed by atoms with E-state index in [1.54, 1.807) is 19.2 Å². The molecule has 0 saturated heterocycles. The van der Waals surface area contributed by atoms with Crippen LogP contribution in [0.5, 0.6) is 5.75 Å². The van der Waals surface area contributed by atoms with Crippen LogP contribution < -0.4 is 10.1 Å². The zero-order chi connectivity index (χ0) is 13.7. The second kappa shape index (κ2) is 6.57. The molecule has 0 aliphatic heterocycles. The average Bonchev–Trinajstić information content (AvgIpc) is 2.47. The molecule has 4 nitrogen and oxygen atoms in total. The van der Waals surface area contributed by atoms with Gasteiger partial charge in [0.05, 0.1) is 12.7 Å². The Morgan fingerprint density at radius 2 is 2.11 bits per heavy atom. The fourth-order valence-corrected chi connectivity index (χ4v) is 2.69. The number of hydrogen-bond donors (Lipinski definition) is 2. The van der Waals surface area contributed by atoms with E-state index < -0.39 is 0 Å². The molecule has 0 bridgehead atoms. The standard InChI is InChI=1S/C15H21NO3/c1-19-14-9-5-3-7-12(14)15(18)16-13-8-4-2-6-11(13)10-17/h3,5,7,9,11,13,17H,2,4,6,8,10H2,1H3,(H,16,18). The summed E-state index contributed by atoms with van der Waals surface area (Å²) in [6.45, 7) is 0.136. The summed E-state index contributed by atoms with van der Waals surface area (Å²) in [4.78, 5) is 12.3. The highest BCUT2D eigenvalue weighted by Crippen LogP contribution is 2.25. The number of ether oxygens (including phenoxy) is 1. The number of benzene rings is 1. The molecule has 2 N–H and O–H groups in total. The van der Waals surface area contributed by atoms with E-state index in [4.69, 9.17) is 4.74 Å². The number of aliphatic hydroxyl groups excluding tert-OH is 1. The van der Waals surface area contributed by atoms with Crippen LogP contribution in [0.15, 0.2) is 24.3 Å². The van der Waals surface area contributed by atoms with Crippen LogP contribution >= 0.6 is 0 Å². The third-order valence-electron chi connectivity index (χ3n) is 3.81. The Hall–Kier alpha value is -1.55. The molecule has 2 atom stereocenters. The van der Waals surface area contributed by atoms with Gasteiger partial charge in [0.2, 0.25) is 0 Å². The van der Waals surface area contributed by atoms with Crippen LogP contribution in [0.25, 0.3) is 0 Å². The molecule has 1 saturated carbocycles. The molecule has 0 heterocycles. The summed E-state index contributed by atoms with van der Waals surface area (Å²) in [5.74, 6) is 0.631. The molecular weight excluding hydrogens is 242 g/mol. The number of carbonyl (C=O) groups is 1. The van der Waals surface area contributed by atoms with Crippen molar-refractivity contribution in [3.63, 3.8) is 0 Å². The van der Waals surface area contributed by atoms with Gasteiger partial charge in [0.1, 0.15) is 5.75 Å². The summed E-state index contributed by atoms with van der Waals surface area (Å²) >= 11 is 0. The molecule has 1 fully saturated rings. The molecule has 104 valence electrons. The van der Waals surface area contributed by atoms with Gasteiger partial charge in [0.25, 0.3) is 5.91 Å². The Balaban J connectivity index is 2.07. The molecule has 1 aliphatic carbocycles. The second-order valence-corrected chi connectivity index (χ2v) is 5.01. The van der Waals surface area contributed by atoms with Crippen LogP contribution in [0.3, 0.4) is 0 Å². The van der Waals surface area contributed by atoms with Gasteiger partial charge in [-0.2, -0.15) is 0 Å². The number of carbonyl (C=O) groups excluding carboxylic acids is 1. The van der Waals surface area contributed by atoms with Gasteiger partial charge < -0.3 is 15.2 Å². The Morgan fingerprint density at radius 3 is 2.84 bits per heavy atom. The van der Waals surface area contributed by atoms with Crippen LogP contribution in [0, 0.1) is 5.92 Å². The minimum atomic E-state index is -0.122. The first-order valence-corrected chi connectivity index (χ1v) is 6.81. The predicted octanol–water partition coefficient (Wildman–Crippen LogP) is 1.98. The van der Waals surface area contributed by atoms with E-state index >= 15 is 0 Å². The largest absolute Gasteiger partial charge is 0.496 e. The van der Waals surface area contributed by atoms with E-state index in [2.05, 4.69) is 5.32 Å².